The smallest absolute Gasteiger partial charge is 0.241 e. The number of carbonyl (C=O) groups is 1. The Morgan fingerprint density at radius 3 is 2.72 bits per heavy atom. The molecule has 2 aliphatic heterocycles. The second kappa shape index (κ2) is 6.84. The fourth-order valence-electron chi connectivity index (χ4n) is 4.15. The van der Waals surface area contributed by atoms with Gasteiger partial charge in [-0.15, -0.1) is 0 Å². The Bertz CT molecular complexity index is 634. The zero-order valence-corrected chi connectivity index (χ0v) is 15.1. The van der Waals surface area contributed by atoms with Gasteiger partial charge in [0.15, 0.2) is 0 Å². The van der Waals surface area contributed by atoms with Gasteiger partial charge in [-0.3, -0.25) is 10.2 Å². The highest BCUT2D eigenvalue weighted by Crippen LogP contribution is 2.36. The monoisotopic (exact) mass is 344 g/mol. The van der Waals surface area contributed by atoms with Crippen LogP contribution in [0.1, 0.15) is 26.2 Å². The van der Waals surface area contributed by atoms with Crippen LogP contribution in [0.4, 0.5) is 5.69 Å². The van der Waals surface area contributed by atoms with Gasteiger partial charge in [-0.1, -0.05) is 12.1 Å². The third kappa shape index (κ3) is 3.33. The maximum absolute atomic E-state index is 12.9. The second-order valence-electron chi connectivity index (χ2n) is 7.52. The molecule has 0 radical (unpaired) electrons. The molecule has 6 heteroatoms. The predicted molar refractivity (Wildman–Crippen MR) is 97.6 cm³/mol. The van der Waals surface area contributed by atoms with Crippen LogP contribution in [0.15, 0.2) is 24.3 Å². The Labute approximate surface area is 149 Å². The molecule has 1 amide bonds. The van der Waals surface area contributed by atoms with Gasteiger partial charge in [0, 0.05) is 31.7 Å². The summed E-state index contributed by atoms with van der Waals surface area (Å²) in [6.07, 6.45) is 3.52. The van der Waals surface area contributed by atoms with Gasteiger partial charge >= 0.3 is 0 Å². The quantitative estimate of drug-likeness (QED) is 0.864. The Hall–Kier alpha value is -1.79. The van der Waals surface area contributed by atoms with Crippen LogP contribution in [0.5, 0.6) is 5.75 Å². The molecule has 1 saturated carbocycles. The molecule has 2 saturated heterocycles. The second-order valence-corrected chi connectivity index (χ2v) is 7.52. The molecule has 0 aromatic heterocycles. The van der Waals surface area contributed by atoms with Crippen molar-refractivity contribution in [2.24, 2.45) is 5.92 Å². The summed E-state index contributed by atoms with van der Waals surface area (Å²) >= 11 is 0. The Morgan fingerprint density at radius 2 is 2.00 bits per heavy atom. The van der Waals surface area contributed by atoms with E-state index in [0.29, 0.717) is 6.04 Å². The van der Waals surface area contributed by atoms with Crippen molar-refractivity contribution < 1.29 is 9.53 Å². The summed E-state index contributed by atoms with van der Waals surface area (Å²) in [5, 5.41) is 0. The van der Waals surface area contributed by atoms with Gasteiger partial charge in [0.2, 0.25) is 5.91 Å². The van der Waals surface area contributed by atoms with E-state index >= 15 is 0 Å². The molecule has 1 aromatic rings. The van der Waals surface area contributed by atoms with Crippen LogP contribution in [0, 0.1) is 5.92 Å². The highest BCUT2D eigenvalue weighted by atomic mass is 16.5. The number of anilines is 1. The lowest BCUT2D eigenvalue weighted by Crippen LogP contribution is -2.58. The van der Waals surface area contributed by atoms with Crippen molar-refractivity contribution in [1.82, 2.24) is 15.8 Å². The van der Waals surface area contributed by atoms with Gasteiger partial charge < -0.3 is 14.5 Å². The normalized spacial score (nSPS) is 29.8. The minimum atomic E-state index is -0.0779. The van der Waals surface area contributed by atoms with Crippen LogP contribution in [0.25, 0.3) is 0 Å². The van der Waals surface area contributed by atoms with Gasteiger partial charge in [-0.2, -0.15) is 0 Å². The summed E-state index contributed by atoms with van der Waals surface area (Å²) in [7, 11) is 1.71. The minimum Gasteiger partial charge on any atom is -0.495 e. The first kappa shape index (κ1) is 16.7. The average molecular weight is 344 g/mol. The number of ether oxygens (including phenoxy) is 1. The molecule has 6 nitrogen and oxygen atoms in total. The summed E-state index contributed by atoms with van der Waals surface area (Å²) in [5.74, 6) is 1.90. The van der Waals surface area contributed by atoms with Crippen molar-refractivity contribution in [2.45, 2.75) is 44.3 Å². The highest BCUT2D eigenvalue weighted by molar-refractivity contribution is 5.83. The number of hydrogen-bond donors (Lipinski definition) is 2. The standard InChI is InChI=1S/C19H28N4O2/c1-13-12-22(17-5-3-4-6-18(17)25-2)9-10-23(13)19(24)16-11-15(20-21-16)14-7-8-14/h3-6,13-16,20-21H,7-12H2,1-2H3. The van der Waals surface area contributed by atoms with E-state index in [1.807, 2.05) is 23.1 Å². The number of hydrazine groups is 1. The van der Waals surface area contributed by atoms with Crippen LogP contribution >= 0.6 is 0 Å². The van der Waals surface area contributed by atoms with Crippen LogP contribution in [0.3, 0.4) is 0 Å². The maximum Gasteiger partial charge on any atom is 0.241 e. The third-order valence-corrected chi connectivity index (χ3v) is 5.76. The fraction of sp³-hybridized carbons (Fsp3) is 0.632. The molecule has 4 rings (SSSR count). The van der Waals surface area contributed by atoms with Crippen LogP contribution in [-0.2, 0) is 4.79 Å². The van der Waals surface area contributed by atoms with Gasteiger partial charge in [-0.05, 0) is 44.2 Å². The predicted octanol–water partition coefficient (Wildman–Crippen LogP) is 1.38. The third-order valence-electron chi connectivity index (χ3n) is 5.76. The first-order valence-corrected chi connectivity index (χ1v) is 9.37. The summed E-state index contributed by atoms with van der Waals surface area (Å²) in [4.78, 5) is 17.3. The Kier molecular flexibility index (Phi) is 4.56. The maximum atomic E-state index is 12.9. The number of benzene rings is 1. The zero-order valence-electron chi connectivity index (χ0n) is 15.1. The van der Waals surface area contributed by atoms with Crippen LogP contribution in [0.2, 0.25) is 0 Å². The summed E-state index contributed by atoms with van der Waals surface area (Å²) < 4.78 is 5.49. The van der Waals surface area contributed by atoms with E-state index in [-0.39, 0.29) is 18.0 Å². The molecular formula is C19H28N4O2. The van der Waals surface area contributed by atoms with Crippen LogP contribution < -0.4 is 20.5 Å². The van der Waals surface area contributed by atoms with E-state index in [1.165, 1.54) is 12.8 Å². The van der Waals surface area contributed by atoms with Gasteiger partial charge in [0.05, 0.1) is 12.8 Å². The molecule has 25 heavy (non-hydrogen) atoms. The number of para-hydroxylation sites is 2. The van der Waals surface area contributed by atoms with Crippen molar-refractivity contribution >= 4 is 11.6 Å². The fourth-order valence-corrected chi connectivity index (χ4v) is 4.15. The molecule has 0 bridgehead atoms. The number of piperazine rings is 1. The Balaban J connectivity index is 1.39. The Morgan fingerprint density at radius 1 is 1.20 bits per heavy atom. The van der Waals surface area contributed by atoms with Gasteiger partial charge in [0.25, 0.3) is 0 Å². The zero-order chi connectivity index (χ0) is 17.4. The molecule has 2 N–H and O–H groups in total. The van der Waals surface area contributed by atoms with E-state index in [0.717, 1.165) is 43.4 Å². The van der Waals surface area contributed by atoms with E-state index < -0.39 is 0 Å². The van der Waals surface area contributed by atoms with Crippen LogP contribution in [-0.4, -0.2) is 55.7 Å². The van der Waals surface area contributed by atoms with Crippen molar-refractivity contribution in [1.29, 1.82) is 0 Å². The average Bonchev–Trinajstić information content (AvgIpc) is 3.38. The first-order valence-electron chi connectivity index (χ1n) is 9.37. The first-order chi connectivity index (χ1) is 12.2. The number of nitrogens with one attached hydrogen (secondary N) is 2. The molecule has 3 atom stereocenters. The molecule has 3 fully saturated rings. The summed E-state index contributed by atoms with van der Waals surface area (Å²) in [6.45, 7) is 4.56. The topological polar surface area (TPSA) is 56.8 Å². The van der Waals surface area contributed by atoms with E-state index in [2.05, 4.69) is 28.7 Å². The van der Waals surface area contributed by atoms with Gasteiger partial charge in [0.1, 0.15) is 11.8 Å². The number of methoxy groups -OCH3 is 1. The molecule has 3 unspecified atom stereocenters. The summed E-state index contributed by atoms with van der Waals surface area (Å²) in [5.41, 5.74) is 7.67. The molecule has 3 aliphatic rings. The number of nitrogens with zero attached hydrogens (tertiary/aromatic N) is 2. The van der Waals surface area contributed by atoms with E-state index in [1.54, 1.807) is 7.11 Å². The summed E-state index contributed by atoms with van der Waals surface area (Å²) in [6, 6.07) is 8.68. The number of amides is 1. The number of hydrogen-bond acceptors (Lipinski definition) is 5. The molecule has 1 aliphatic carbocycles. The van der Waals surface area contributed by atoms with Gasteiger partial charge in [-0.25, -0.2) is 5.43 Å². The molecule has 0 spiro atoms. The van der Waals surface area contributed by atoms with Crippen molar-refractivity contribution in [3.05, 3.63) is 24.3 Å². The lowest BCUT2D eigenvalue weighted by molar-refractivity contribution is -0.135. The molecule has 136 valence electrons. The van der Waals surface area contributed by atoms with E-state index in [4.69, 9.17) is 4.74 Å². The molecule has 1 aromatic carbocycles. The molecule has 2 heterocycles. The largest absolute Gasteiger partial charge is 0.495 e. The van der Waals surface area contributed by atoms with Crippen molar-refractivity contribution in [3.8, 4) is 5.75 Å². The van der Waals surface area contributed by atoms with E-state index in [9.17, 15) is 4.79 Å². The lowest BCUT2D eigenvalue weighted by atomic mass is 10.0. The lowest BCUT2D eigenvalue weighted by Gasteiger charge is -2.42. The number of carbonyl (C=O) groups excluding carboxylic acids is 1. The van der Waals surface area contributed by atoms with Crippen molar-refractivity contribution in [3.63, 3.8) is 0 Å². The SMILES string of the molecule is COc1ccccc1N1CCN(C(=O)C2CC(C3CC3)NN2)C(C)C1. The van der Waals surface area contributed by atoms with Crippen molar-refractivity contribution in [2.75, 3.05) is 31.6 Å². The highest BCUT2D eigenvalue weighted by Gasteiger charge is 2.41. The molecular weight excluding hydrogens is 316 g/mol. The number of rotatable bonds is 4. The minimum absolute atomic E-state index is 0.0779.